The van der Waals surface area contributed by atoms with Crippen LogP contribution in [0.15, 0.2) is 167 Å². The Morgan fingerprint density at radius 1 is 0.621 bits per heavy atom. The van der Waals surface area contributed by atoms with E-state index in [0.29, 0.717) is 22.6 Å². The monoisotopic (exact) mass is 879 g/mol. The molecule has 2 heterocycles. The second-order valence-electron chi connectivity index (χ2n) is 15.3. The summed E-state index contributed by atoms with van der Waals surface area (Å²) in [5, 5.41) is 107. The van der Waals surface area contributed by atoms with Gasteiger partial charge in [0.15, 0.2) is 46.6 Å². The molecule has 1 atom stereocenters. The zero-order chi connectivity index (χ0) is 46.2. The van der Waals surface area contributed by atoms with Crippen LogP contribution in [0.3, 0.4) is 0 Å². The topological polar surface area (TPSA) is 236 Å². The maximum absolute atomic E-state index is 11.9. The Morgan fingerprint density at radius 2 is 1.18 bits per heavy atom. The molecule has 0 spiro atoms. The molecule has 1 aliphatic rings. The molecule has 14 nitrogen and oxygen atoms in total. The van der Waals surface area contributed by atoms with E-state index in [1.165, 1.54) is 10.6 Å². The second kappa shape index (κ2) is 17.2. The number of aromatic nitrogens is 1. The van der Waals surface area contributed by atoms with Gasteiger partial charge in [-0.3, -0.25) is 0 Å². The number of amidine groups is 2. The van der Waals surface area contributed by atoms with Crippen LogP contribution in [0.2, 0.25) is 0 Å². The fraction of sp³-hybridized carbons (Fsp3) is 0.0385. The van der Waals surface area contributed by atoms with Crippen LogP contribution < -0.4 is 21.2 Å². The van der Waals surface area contributed by atoms with Crippen LogP contribution in [0.4, 0.5) is 5.69 Å². The largest absolute Gasteiger partial charge is 0.504 e. The summed E-state index contributed by atoms with van der Waals surface area (Å²) in [6.07, 6.45) is -0.247. The highest BCUT2D eigenvalue weighted by Crippen LogP contribution is 2.57. The van der Waals surface area contributed by atoms with Gasteiger partial charge in [0, 0.05) is 27.6 Å². The molecule has 7 aromatic carbocycles. The molecule has 11 N–H and O–H groups in total. The molecule has 66 heavy (non-hydrogen) atoms. The van der Waals surface area contributed by atoms with E-state index in [0.717, 1.165) is 28.3 Å². The highest BCUT2D eigenvalue weighted by Gasteiger charge is 2.32. The molecule has 1 aromatic heterocycles. The van der Waals surface area contributed by atoms with Gasteiger partial charge in [-0.2, -0.15) is 0 Å². The van der Waals surface area contributed by atoms with Gasteiger partial charge in [0.2, 0.25) is 11.5 Å². The first-order valence-electron chi connectivity index (χ1n) is 20.5. The van der Waals surface area contributed by atoms with Crippen molar-refractivity contribution in [1.82, 2.24) is 9.88 Å². The van der Waals surface area contributed by atoms with E-state index in [-0.39, 0.29) is 32.9 Å². The molecule has 14 heteroatoms. The van der Waals surface area contributed by atoms with Gasteiger partial charge < -0.3 is 61.2 Å². The number of benzene rings is 7. The van der Waals surface area contributed by atoms with Crippen molar-refractivity contribution in [3.05, 3.63) is 179 Å². The van der Waals surface area contributed by atoms with E-state index >= 15 is 0 Å². The fourth-order valence-electron chi connectivity index (χ4n) is 8.04. The van der Waals surface area contributed by atoms with Gasteiger partial charge in [0.25, 0.3) is 0 Å². The lowest BCUT2D eigenvalue weighted by atomic mass is 9.97. The Hall–Kier alpha value is -9.14. The minimum atomic E-state index is -1.20. The third kappa shape index (κ3) is 7.48. The molecule has 0 fully saturated rings. The molecule has 8 aromatic rings. The van der Waals surface area contributed by atoms with Crippen LogP contribution in [-0.4, -0.2) is 75.1 Å². The molecule has 0 bridgehead atoms. The van der Waals surface area contributed by atoms with Crippen molar-refractivity contribution in [2.24, 2.45) is 9.98 Å². The Balaban J connectivity index is 1.25. The minimum Gasteiger partial charge on any atom is -0.504 e. The standard InChI is InChI=1S/C52H41N5O9/c1-28-39-37(57(42(28)44(61)38(59)24-25-58)35-19-11-18-34(26-35)30-14-7-3-8-15-30)27-36(43(60)45(39)62)40-41(47(64)49(66)48(65)46(40)63)53-52-55-50(32-16-9-4-10-17-32)54-51(56-52)33-22-20-31(21-23-33)29-12-5-2-6-13-29/h2-24,26-27,52-53,58-66H,1,25H2,(H,54,55,56)/b38-24+,44-42-. The van der Waals surface area contributed by atoms with Gasteiger partial charge in [0.1, 0.15) is 5.84 Å². The number of phenols is 6. The fourth-order valence-corrected chi connectivity index (χ4v) is 8.04. The summed E-state index contributed by atoms with van der Waals surface area (Å²) in [7, 11) is 0. The Labute approximate surface area is 376 Å². The number of rotatable bonds is 10. The molecular formula is C52H41N5O9. The summed E-state index contributed by atoms with van der Waals surface area (Å²) in [6.45, 7) is 3.46. The van der Waals surface area contributed by atoms with Gasteiger partial charge in [-0.15, -0.1) is 0 Å². The number of anilines is 1. The van der Waals surface area contributed by atoms with Crippen molar-refractivity contribution in [3.63, 3.8) is 0 Å². The Bertz CT molecular complexity index is 3390. The SMILES string of the molecule is C=c1/c(=C(O)\C(O)=C/CO)n(-c2cccc(-c3ccccc3)c2)c2cc(-c3c(O)c(O)c(O)c(O)c3NC3N=C(c4ccc(-c5ccccc5)cc4)N=C(c4ccccc4)N3)c(O)c(O)c12. The van der Waals surface area contributed by atoms with E-state index in [1.54, 1.807) is 18.2 Å². The number of hydrogen-bond donors (Lipinski definition) is 11. The van der Waals surface area contributed by atoms with Gasteiger partial charge in [-0.1, -0.05) is 134 Å². The maximum atomic E-state index is 11.9. The Kier molecular flexibility index (Phi) is 11.0. The lowest BCUT2D eigenvalue weighted by Gasteiger charge is -2.27. The zero-order valence-corrected chi connectivity index (χ0v) is 34.8. The van der Waals surface area contributed by atoms with Crippen LogP contribution in [0, 0.1) is 0 Å². The molecule has 0 radical (unpaired) electrons. The summed E-state index contributed by atoms with van der Waals surface area (Å²) in [5.41, 5.74) is 3.98. The lowest BCUT2D eigenvalue weighted by Crippen LogP contribution is -2.43. The van der Waals surface area contributed by atoms with Gasteiger partial charge in [0.05, 0.1) is 34.1 Å². The molecule has 9 rings (SSSR count). The number of hydrogen-bond acceptors (Lipinski definition) is 13. The van der Waals surface area contributed by atoms with E-state index in [9.17, 15) is 46.0 Å². The maximum Gasteiger partial charge on any atom is 0.206 e. The first kappa shape index (κ1) is 42.2. The highest BCUT2D eigenvalue weighted by molar-refractivity contribution is 6.13. The average molecular weight is 880 g/mol. The van der Waals surface area contributed by atoms with Gasteiger partial charge >= 0.3 is 0 Å². The van der Waals surface area contributed by atoms with E-state index < -0.39 is 70.2 Å². The van der Waals surface area contributed by atoms with Crippen LogP contribution >= 0.6 is 0 Å². The summed E-state index contributed by atoms with van der Waals surface area (Å²) < 4.78 is 1.44. The van der Waals surface area contributed by atoms with Crippen molar-refractivity contribution in [2.45, 2.75) is 6.29 Å². The summed E-state index contributed by atoms with van der Waals surface area (Å²) >= 11 is 0. The third-order valence-electron chi connectivity index (χ3n) is 11.3. The van der Waals surface area contributed by atoms with Gasteiger partial charge in [-0.05, 0) is 46.5 Å². The van der Waals surface area contributed by atoms with E-state index in [2.05, 4.69) is 17.2 Å². The quantitative estimate of drug-likeness (QED) is 0.0364. The summed E-state index contributed by atoms with van der Waals surface area (Å²) in [4.78, 5) is 9.61. The van der Waals surface area contributed by atoms with E-state index in [1.807, 2.05) is 121 Å². The number of aliphatic hydroxyl groups excluding tert-OH is 3. The molecule has 0 amide bonds. The van der Waals surface area contributed by atoms with Crippen molar-refractivity contribution < 1.29 is 46.0 Å². The molecule has 0 saturated heterocycles. The van der Waals surface area contributed by atoms with Crippen LogP contribution in [0.1, 0.15) is 11.1 Å². The smallest absolute Gasteiger partial charge is 0.206 e. The first-order chi connectivity index (χ1) is 31.9. The first-order valence-corrected chi connectivity index (χ1v) is 20.5. The number of aliphatic imine (C=N–C) groups is 2. The molecule has 1 aliphatic heterocycles. The molecule has 0 aliphatic carbocycles. The number of aliphatic hydroxyl groups is 3. The summed E-state index contributed by atoms with van der Waals surface area (Å²) in [5.74, 6) is -6.69. The highest BCUT2D eigenvalue weighted by atomic mass is 16.3. The zero-order valence-electron chi connectivity index (χ0n) is 34.8. The van der Waals surface area contributed by atoms with Crippen molar-refractivity contribution >= 4 is 40.6 Å². The molecule has 328 valence electrons. The van der Waals surface area contributed by atoms with Crippen molar-refractivity contribution in [3.8, 4) is 73.6 Å². The van der Waals surface area contributed by atoms with Crippen molar-refractivity contribution in [1.29, 1.82) is 0 Å². The average Bonchev–Trinajstić information content (AvgIpc) is 3.65. The number of phenolic OH excluding ortho intramolecular Hbond substituents is 6. The summed E-state index contributed by atoms with van der Waals surface area (Å²) in [6, 6.07) is 44.3. The predicted molar refractivity (Wildman–Crippen MR) is 255 cm³/mol. The number of fused-ring (bicyclic) bond motifs is 1. The predicted octanol–water partition coefficient (Wildman–Crippen LogP) is 7.57. The van der Waals surface area contributed by atoms with Gasteiger partial charge in [-0.25, -0.2) is 9.98 Å². The van der Waals surface area contributed by atoms with Crippen LogP contribution in [-0.2, 0) is 0 Å². The minimum absolute atomic E-state index is 0.0540. The van der Waals surface area contributed by atoms with Crippen LogP contribution in [0.25, 0.3) is 62.3 Å². The van der Waals surface area contributed by atoms with E-state index in [4.69, 9.17) is 9.98 Å². The molecule has 0 saturated carbocycles. The molecular weight excluding hydrogens is 839 g/mol. The molecule has 1 unspecified atom stereocenters. The third-order valence-corrected chi connectivity index (χ3v) is 11.3. The number of nitrogens with zero attached hydrogens (tertiary/aromatic N) is 3. The number of nitrogens with one attached hydrogen (secondary N) is 2. The lowest BCUT2D eigenvalue weighted by molar-refractivity contribution is 0.325. The second-order valence-corrected chi connectivity index (χ2v) is 15.3. The van der Waals surface area contributed by atoms with Crippen molar-refractivity contribution in [2.75, 3.05) is 11.9 Å². The Morgan fingerprint density at radius 3 is 1.82 bits per heavy atom. The normalized spacial score (nSPS) is 14.3. The number of aromatic hydroxyl groups is 6. The van der Waals surface area contributed by atoms with Crippen LogP contribution in [0.5, 0.6) is 34.5 Å².